The lowest BCUT2D eigenvalue weighted by atomic mass is 10.1. The van der Waals surface area contributed by atoms with E-state index < -0.39 is 0 Å². The highest BCUT2D eigenvalue weighted by Crippen LogP contribution is 2.29. The van der Waals surface area contributed by atoms with Crippen molar-refractivity contribution in [2.45, 2.75) is 31.5 Å². The van der Waals surface area contributed by atoms with E-state index in [-0.39, 0.29) is 18.7 Å². The molecule has 0 saturated carbocycles. The molecule has 0 N–H and O–H groups in total. The summed E-state index contributed by atoms with van der Waals surface area (Å²) in [6.07, 6.45) is 1.22. The van der Waals surface area contributed by atoms with Gasteiger partial charge in [0.1, 0.15) is 6.61 Å². The number of hydrogen-bond donors (Lipinski definition) is 0. The van der Waals surface area contributed by atoms with Crippen molar-refractivity contribution in [3.05, 3.63) is 58.3 Å². The van der Waals surface area contributed by atoms with Crippen LogP contribution in [0.3, 0.4) is 0 Å². The molecule has 130 valence electrons. The predicted octanol–water partition coefficient (Wildman–Crippen LogP) is 3.70. The largest absolute Gasteiger partial charge is 0.347 e. The van der Waals surface area contributed by atoms with Gasteiger partial charge in [0.25, 0.3) is 0 Å². The first-order valence-electron chi connectivity index (χ1n) is 8.35. The second kappa shape index (κ2) is 8.74. The average molecular weight is 347 g/mol. The molecule has 2 heterocycles. The lowest BCUT2D eigenvalue weighted by Crippen LogP contribution is -2.23. The molecular formula is C19H25NO3S. The van der Waals surface area contributed by atoms with Crippen LogP contribution >= 0.6 is 11.3 Å². The molecule has 0 aliphatic carbocycles. The zero-order chi connectivity index (χ0) is 16.8. The molecule has 0 bridgehead atoms. The zero-order valence-corrected chi connectivity index (χ0v) is 15.1. The quantitative estimate of drug-likeness (QED) is 0.729. The van der Waals surface area contributed by atoms with Gasteiger partial charge in [0.2, 0.25) is 0 Å². The molecular weight excluding hydrogens is 322 g/mol. The van der Waals surface area contributed by atoms with Crippen LogP contribution in [-0.2, 0) is 20.6 Å². The monoisotopic (exact) mass is 347 g/mol. The summed E-state index contributed by atoms with van der Waals surface area (Å²) >= 11 is 1.73. The molecule has 3 atom stereocenters. The van der Waals surface area contributed by atoms with Crippen LogP contribution in [0.15, 0.2) is 47.8 Å². The van der Waals surface area contributed by atoms with Crippen LogP contribution < -0.4 is 0 Å². The van der Waals surface area contributed by atoms with E-state index >= 15 is 0 Å². The minimum Gasteiger partial charge on any atom is -0.347 e. The predicted molar refractivity (Wildman–Crippen MR) is 96.1 cm³/mol. The third-order valence-corrected chi connectivity index (χ3v) is 4.95. The smallest absolute Gasteiger partial charge is 0.184 e. The molecule has 0 radical (unpaired) electrons. The molecule has 4 nitrogen and oxygen atoms in total. The van der Waals surface area contributed by atoms with E-state index in [2.05, 4.69) is 48.6 Å². The maximum Gasteiger partial charge on any atom is 0.184 e. The fraction of sp³-hybridized carbons (Fsp3) is 0.474. The summed E-state index contributed by atoms with van der Waals surface area (Å²) in [6.45, 7) is 1.46. The summed E-state index contributed by atoms with van der Waals surface area (Å²) in [5, 5.41) is 2.09. The Hall–Kier alpha value is -1.24. The summed E-state index contributed by atoms with van der Waals surface area (Å²) in [4.78, 5) is 3.42. The zero-order valence-electron chi connectivity index (χ0n) is 14.3. The Morgan fingerprint density at radius 2 is 2.04 bits per heavy atom. The Morgan fingerprint density at radius 1 is 1.21 bits per heavy atom. The van der Waals surface area contributed by atoms with E-state index in [0.717, 1.165) is 19.4 Å². The maximum absolute atomic E-state index is 6.21. The number of nitrogens with zero attached hydrogens (tertiary/aromatic N) is 1. The van der Waals surface area contributed by atoms with Gasteiger partial charge in [0.05, 0.1) is 6.10 Å². The van der Waals surface area contributed by atoms with Crippen molar-refractivity contribution in [2.24, 2.45) is 0 Å². The van der Waals surface area contributed by atoms with Gasteiger partial charge in [0.15, 0.2) is 12.6 Å². The van der Waals surface area contributed by atoms with Crippen LogP contribution in [0.4, 0.5) is 0 Å². The number of thiophene rings is 1. The molecule has 5 heteroatoms. The van der Waals surface area contributed by atoms with Gasteiger partial charge in [-0.15, -0.1) is 11.3 Å². The molecule has 1 saturated heterocycles. The van der Waals surface area contributed by atoms with Gasteiger partial charge in [-0.2, -0.15) is 0 Å². The molecule has 3 unspecified atom stereocenters. The van der Waals surface area contributed by atoms with E-state index in [4.69, 9.17) is 14.2 Å². The number of benzene rings is 1. The summed E-state index contributed by atoms with van der Waals surface area (Å²) in [7, 11) is 4.16. The molecule has 1 aromatic carbocycles. The molecule has 2 aromatic rings. The van der Waals surface area contributed by atoms with Crippen molar-refractivity contribution in [1.82, 2.24) is 4.90 Å². The van der Waals surface area contributed by atoms with Gasteiger partial charge in [-0.1, -0.05) is 36.4 Å². The second-order valence-electron chi connectivity index (χ2n) is 6.25. The van der Waals surface area contributed by atoms with Crippen LogP contribution in [0.2, 0.25) is 0 Å². The maximum atomic E-state index is 6.21. The SMILES string of the molecule is CN(C)CCC(OC1COC(Cc2ccccc2)O1)c1cccs1. The van der Waals surface area contributed by atoms with Crippen molar-refractivity contribution in [3.63, 3.8) is 0 Å². The van der Waals surface area contributed by atoms with Crippen LogP contribution in [0.5, 0.6) is 0 Å². The second-order valence-corrected chi connectivity index (χ2v) is 7.23. The minimum atomic E-state index is -0.298. The Balaban J connectivity index is 1.53. The molecule has 0 amide bonds. The molecule has 3 rings (SSSR count). The summed E-state index contributed by atoms with van der Waals surface area (Å²) in [5.74, 6) is 0. The topological polar surface area (TPSA) is 30.9 Å². The van der Waals surface area contributed by atoms with Crippen molar-refractivity contribution in [2.75, 3.05) is 27.2 Å². The van der Waals surface area contributed by atoms with Crippen molar-refractivity contribution < 1.29 is 14.2 Å². The van der Waals surface area contributed by atoms with E-state index in [1.54, 1.807) is 11.3 Å². The Kier molecular flexibility index (Phi) is 6.40. The molecule has 1 aromatic heterocycles. The highest BCUT2D eigenvalue weighted by molar-refractivity contribution is 7.10. The highest BCUT2D eigenvalue weighted by atomic mass is 32.1. The standard InChI is InChI=1S/C19H25NO3S/c1-20(2)11-10-16(17-9-6-12-24-17)22-19-14-21-18(23-19)13-15-7-4-3-5-8-15/h3-9,12,16,18-19H,10-11,13-14H2,1-2H3. The van der Waals surface area contributed by atoms with Crippen molar-refractivity contribution in [1.29, 1.82) is 0 Å². The Bertz CT molecular complexity index is 588. The van der Waals surface area contributed by atoms with Crippen LogP contribution in [-0.4, -0.2) is 44.7 Å². The lowest BCUT2D eigenvalue weighted by Gasteiger charge is -2.22. The molecule has 1 aliphatic heterocycles. The number of rotatable bonds is 8. The van der Waals surface area contributed by atoms with Crippen molar-refractivity contribution >= 4 is 11.3 Å². The first-order valence-corrected chi connectivity index (χ1v) is 9.23. The summed E-state index contributed by atoms with van der Waals surface area (Å²) in [6, 6.07) is 14.5. The molecule has 1 aliphatic rings. The van der Waals surface area contributed by atoms with Gasteiger partial charge in [-0.3, -0.25) is 0 Å². The van der Waals surface area contributed by atoms with Gasteiger partial charge in [-0.05, 0) is 37.5 Å². The van der Waals surface area contributed by atoms with E-state index in [1.807, 2.05) is 18.2 Å². The summed E-state index contributed by atoms with van der Waals surface area (Å²) in [5.41, 5.74) is 1.21. The van der Waals surface area contributed by atoms with Crippen LogP contribution in [0.1, 0.15) is 23.0 Å². The van der Waals surface area contributed by atoms with Crippen LogP contribution in [0, 0.1) is 0 Å². The van der Waals surface area contributed by atoms with Gasteiger partial charge < -0.3 is 19.1 Å². The number of ether oxygens (including phenoxy) is 3. The number of hydrogen-bond acceptors (Lipinski definition) is 5. The lowest BCUT2D eigenvalue weighted by molar-refractivity contribution is -0.168. The third kappa shape index (κ3) is 5.13. The fourth-order valence-corrected chi connectivity index (χ4v) is 3.53. The third-order valence-electron chi connectivity index (χ3n) is 3.98. The normalized spacial score (nSPS) is 22.1. The van der Waals surface area contributed by atoms with Gasteiger partial charge in [-0.25, -0.2) is 0 Å². The van der Waals surface area contributed by atoms with Gasteiger partial charge >= 0.3 is 0 Å². The highest BCUT2D eigenvalue weighted by Gasteiger charge is 2.29. The van der Waals surface area contributed by atoms with Crippen LogP contribution in [0.25, 0.3) is 0 Å². The molecule has 1 fully saturated rings. The van der Waals surface area contributed by atoms with Crippen molar-refractivity contribution in [3.8, 4) is 0 Å². The van der Waals surface area contributed by atoms with E-state index in [1.165, 1.54) is 10.4 Å². The Morgan fingerprint density at radius 3 is 2.75 bits per heavy atom. The first kappa shape index (κ1) is 17.6. The average Bonchev–Trinajstić information content (AvgIpc) is 3.24. The van der Waals surface area contributed by atoms with E-state index in [0.29, 0.717) is 6.61 Å². The summed E-state index contributed by atoms with van der Waals surface area (Å²) < 4.78 is 17.9. The molecule has 24 heavy (non-hydrogen) atoms. The van der Waals surface area contributed by atoms with E-state index in [9.17, 15) is 0 Å². The van der Waals surface area contributed by atoms with Gasteiger partial charge in [0, 0.05) is 17.8 Å². The minimum absolute atomic E-state index is 0.0523. The molecule has 0 spiro atoms. The Labute approximate surface area is 148 Å². The first-order chi connectivity index (χ1) is 11.7. The fourth-order valence-electron chi connectivity index (χ4n) is 2.73.